The Morgan fingerprint density at radius 1 is 0.870 bits per heavy atom. The molecule has 1 rings (SSSR count). The molecular weight excluding hydrogens is 294 g/mol. The molecule has 0 atom stereocenters. The molecule has 126 valence electrons. The van der Waals surface area contributed by atoms with Crippen LogP contribution in [-0.4, -0.2) is 23.1 Å². The predicted octanol–water partition coefficient (Wildman–Crippen LogP) is 3.34. The van der Waals surface area contributed by atoms with Crippen LogP contribution in [-0.2, 0) is 19.1 Å². The predicted molar refractivity (Wildman–Crippen MR) is 90.5 cm³/mol. The van der Waals surface area contributed by atoms with E-state index in [0.29, 0.717) is 11.3 Å². The van der Waals surface area contributed by atoms with E-state index in [0.717, 1.165) is 0 Å². The molecule has 0 bridgehead atoms. The Balaban J connectivity index is 3.17. The molecule has 0 spiro atoms. The van der Waals surface area contributed by atoms with Gasteiger partial charge in [-0.05, 0) is 65.3 Å². The number of anilines is 1. The molecule has 0 radical (unpaired) electrons. The van der Waals surface area contributed by atoms with Gasteiger partial charge in [-0.1, -0.05) is 12.1 Å². The number of nitrogens with two attached hydrogens (primary N) is 1. The zero-order valence-electron chi connectivity index (χ0n) is 14.6. The highest BCUT2D eigenvalue weighted by Crippen LogP contribution is 2.18. The van der Waals surface area contributed by atoms with Gasteiger partial charge in [-0.3, -0.25) is 0 Å². The van der Waals surface area contributed by atoms with Crippen molar-refractivity contribution in [1.82, 2.24) is 0 Å². The maximum Gasteiger partial charge on any atom is 0.346 e. The first-order chi connectivity index (χ1) is 10.4. The van der Waals surface area contributed by atoms with Crippen molar-refractivity contribution < 1.29 is 19.1 Å². The van der Waals surface area contributed by atoms with Gasteiger partial charge < -0.3 is 15.2 Å². The normalized spacial score (nSPS) is 11.6. The number of hydrogen-bond acceptors (Lipinski definition) is 5. The maximum atomic E-state index is 12.3. The fraction of sp³-hybridized carbons (Fsp3) is 0.444. The lowest BCUT2D eigenvalue weighted by atomic mass is 10.1. The lowest BCUT2D eigenvalue weighted by Gasteiger charge is -2.23. The zero-order valence-corrected chi connectivity index (χ0v) is 14.6. The van der Waals surface area contributed by atoms with Gasteiger partial charge in [0.2, 0.25) is 0 Å². The van der Waals surface area contributed by atoms with E-state index in [1.165, 1.54) is 6.08 Å². The zero-order chi connectivity index (χ0) is 17.8. The van der Waals surface area contributed by atoms with E-state index in [-0.39, 0.29) is 5.57 Å². The van der Waals surface area contributed by atoms with E-state index in [1.807, 2.05) is 0 Å². The summed E-state index contributed by atoms with van der Waals surface area (Å²) in [6, 6.07) is 6.80. The van der Waals surface area contributed by atoms with Crippen LogP contribution < -0.4 is 5.73 Å². The number of hydrogen-bond donors (Lipinski definition) is 1. The molecule has 0 unspecified atom stereocenters. The minimum absolute atomic E-state index is 0.153. The van der Waals surface area contributed by atoms with Gasteiger partial charge in [0.15, 0.2) is 0 Å². The monoisotopic (exact) mass is 319 g/mol. The van der Waals surface area contributed by atoms with E-state index in [1.54, 1.807) is 65.8 Å². The van der Waals surface area contributed by atoms with Crippen LogP contribution >= 0.6 is 0 Å². The number of nitrogen functional groups attached to an aromatic ring is 1. The summed E-state index contributed by atoms with van der Waals surface area (Å²) in [4.78, 5) is 24.7. The first-order valence-corrected chi connectivity index (χ1v) is 7.41. The molecule has 23 heavy (non-hydrogen) atoms. The van der Waals surface area contributed by atoms with E-state index < -0.39 is 23.1 Å². The third kappa shape index (κ3) is 7.00. The van der Waals surface area contributed by atoms with Crippen molar-refractivity contribution >= 4 is 23.7 Å². The molecule has 0 heterocycles. The SMILES string of the molecule is CC(C)(C)OC(=O)C(=Cc1ccc(N)cc1)C(=O)OC(C)(C)C. The molecule has 1 aromatic carbocycles. The highest BCUT2D eigenvalue weighted by atomic mass is 16.6. The quantitative estimate of drug-likeness (QED) is 0.304. The molecule has 1 aromatic rings. The summed E-state index contributed by atoms with van der Waals surface area (Å²) in [5, 5.41) is 0. The highest BCUT2D eigenvalue weighted by Gasteiger charge is 2.28. The van der Waals surface area contributed by atoms with Crippen LogP contribution in [0.3, 0.4) is 0 Å². The lowest BCUT2D eigenvalue weighted by Crippen LogP contribution is -2.31. The second kappa shape index (κ2) is 6.86. The molecule has 0 saturated heterocycles. The Morgan fingerprint density at radius 3 is 1.61 bits per heavy atom. The molecule has 5 nitrogen and oxygen atoms in total. The minimum atomic E-state index is -0.719. The molecule has 0 aliphatic heterocycles. The summed E-state index contributed by atoms with van der Waals surface area (Å²) < 4.78 is 10.6. The van der Waals surface area contributed by atoms with Gasteiger partial charge >= 0.3 is 11.9 Å². The summed E-state index contributed by atoms with van der Waals surface area (Å²) in [5.74, 6) is -1.44. The molecule has 0 amide bonds. The van der Waals surface area contributed by atoms with Gasteiger partial charge in [0.25, 0.3) is 0 Å². The molecule has 2 N–H and O–H groups in total. The number of carbonyl (C=O) groups excluding carboxylic acids is 2. The summed E-state index contributed by atoms with van der Waals surface area (Å²) in [6.45, 7) is 10.4. The number of esters is 2. The average molecular weight is 319 g/mol. The van der Waals surface area contributed by atoms with Crippen LogP contribution in [0.1, 0.15) is 47.1 Å². The second-order valence-corrected chi connectivity index (χ2v) is 7.23. The van der Waals surface area contributed by atoms with E-state index >= 15 is 0 Å². The van der Waals surface area contributed by atoms with Crippen molar-refractivity contribution in [2.24, 2.45) is 0 Å². The third-order valence-electron chi connectivity index (χ3n) is 2.49. The van der Waals surface area contributed by atoms with Crippen LogP contribution in [0.25, 0.3) is 6.08 Å². The fourth-order valence-electron chi connectivity index (χ4n) is 1.63. The van der Waals surface area contributed by atoms with Gasteiger partial charge in [-0.2, -0.15) is 0 Å². The average Bonchev–Trinajstić information content (AvgIpc) is 2.33. The Kier molecular flexibility index (Phi) is 5.59. The first kappa shape index (κ1) is 18.7. The molecule has 0 saturated carbocycles. The van der Waals surface area contributed by atoms with Gasteiger partial charge in [0, 0.05) is 5.69 Å². The van der Waals surface area contributed by atoms with Crippen LogP contribution in [0.2, 0.25) is 0 Å². The molecule has 0 aromatic heterocycles. The largest absolute Gasteiger partial charge is 0.456 e. The van der Waals surface area contributed by atoms with Gasteiger partial charge in [0.1, 0.15) is 16.8 Å². The molecule has 0 aliphatic carbocycles. The topological polar surface area (TPSA) is 78.6 Å². The van der Waals surface area contributed by atoms with Crippen LogP contribution in [0, 0.1) is 0 Å². The Labute approximate surface area is 137 Å². The number of ether oxygens (including phenoxy) is 2. The molecular formula is C18H25NO4. The maximum absolute atomic E-state index is 12.3. The third-order valence-corrected chi connectivity index (χ3v) is 2.49. The standard InChI is InChI=1S/C18H25NO4/c1-17(2,3)22-15(20)14(16(21)23-18(4,5)6)11-12-7-9-13(19)10-8-12/h7-11H,19H2,1-6H3. The molecule has 0 aliphatic rings. The van der Waals surface area contributed by atoms with Crippen molar-refractivity contribution in [2.45, 2.75) is 52.7 Å². The van der Waals surface area contributed by atoms with Gasteiger partial charge in [0.05, 0.1) is 0 Å². The van der Waals surface area contributed by atoms with Crippen molar-refractivity contribution in [1.29, 1.82) is 0 Å². The van der Waals surface area contributed by atoms with Crippen LogP contribution in [0.15, 0.2) is 29.8 Å². The smallest absolute Gasteiger partial charge is 0.346 e. The summed E-state index contributed by atoms with van der Waals surface area (Å²) in [5.41, 5.74) is 5.32. The van der Waals surface area contributed by atoms with Crippen molar-refractivity contribution in [3.05, 3.63) is 35.4 Å². The highest BCUT2D eigenvalue weighted by molar-refractivity contribution is 6.17. The summed E-state index contributed by atoms with van der Waals surface area (Å²) >= 11 is 0. The van der Waals surface area contributed by atoms with Crippen LogP contribution in [0.4, 0.5) is 5.69 Å². The molecule has 0 fully saturated rings. The summed E-state index contributed by atoms with van der Waals surface area (Å²) in [7, 11) is 0. The van der Waals surface area contributed by atoms with E-state index in [9.17, 15) is 9.59 Å². The number of benzene rings is 1. The van der Waals surface area contributed by atoms with Gasteiger partial charge in [-0.25, -0.2) is 9.59 Å². The Hall–Kier alpha value is -2.30. The summed E-state index contributed by atoms with van der Waals surface area (Å²) in [6.07, 6.45) is 1.45. The van der Waals surface area contributed by atoms with Crippen LogP contribution in [0.5, 0.6) is 0 Å². The lowest BCUT2D eigenvalue weighted by molar-refractivity contribution is -0.158. The fourth-order valence-corrected chi connectivity index (χ4v) is 1.63. The second-order valence-electron chi connectivity index (χ2n) is 7.23. The number of carbonyl (C=O) groups is 2. The molecule has 5 heteroatoms. The first-order valence-electron chi connectivity index (χ1n) is 7.41. The van der Waals surface area contributed by atoms with Crippen molar-refractivity contribution in [3.8, 4) is 0 Å². The number of rotatable bonds is 3. The Morgan fingerprint density at radius 2 is 1.26 bits per heavy atom. The van der Waals surface area contributed by atoms with Crippen molar-refractivity contribution in [3.63, 3.8) is 0 Å². The van der Waals surface area contributed by atoms with Crippen molar-refractivity contribution in [2.75, 3.05) is 5.73 Å². The minimum Gasteiger partial charge on any atom is -0.456 e. The van der Waals surface area contributed by atoms with E-state index in [4.69, 9.17) is 15.2 Å². The Bertz CT molecular complexity index is 571. The van der Waals surface area contributed by atoms with E-state index in [2.05, 4.69) is 0 Å². The van der Waals surface area contributed by atoms with Gasteiger partial charge in [-0.15, -0.1) is 0 Å².